The summed E-state index contributed by atoms with van der Waals surface area (Å²) in [7, 11) is 0. The Balaban J connectivity index is 1.59. The van der Waals surface area contributed by atoms with E-state index in [1.165, 1.54) is 6.92 Å². The van der Waals surface area contributed by atoms with E-state index >= 15 is 0 Å². The van der Waals surface area contributed by atoms with Gasteiger partial charge >= 0.3 is 6.03 Å². The minimum Gasteiger partial charge on any atom is -0.356 e. The number of benzene rings is 2. The van der Waals surface area contributed by atoms with E-state index in [9.17, 15) is 19.2 Å². The van der Waals surface area contributed by atoms with Crippen molar-refractivity contribution in [1.82, 2.24) is 16.0 Å². The molecule has 3 rings (SSSR count). The summed E-state index contributed by atoms with van der Waals surface area (Å²) in [5.74, 6) is -0.764. The molecular weight excluding hydrogens is 358 g/mol. The first kappa shape index (κ1) is 19.3. The van der Waals surface area contributed by atoms with Gasteiger partial charge in [0.25, 0.3) is 5.91 Å². The number of hydrogen-bond donors (Lipinski definition) is 3. The van der Waals surface area contributed by atoms with Crippen LogP contribution in [0, 0.1) is 0 Å². The molecule has 1 fully saturated rings. The second-order valence-electron chi connectivity index (χ2n) is 6.61. The van der Waals surface area contributed by atoms with Crippen LogP contribution in [0.15, 0.2) is 48.5 Å². The van der Waals surface area contributed by atoms with Crippen molar-refractivity contribution >= 4 is 23.6 Å². The largest absolute Gasteiger partial charge is 0.356 e. The monoisotopic (exact) mass is 379 g/mol. The van der Waals surface area contributed by atoms with Crippen molar-refractivity contribution in [3.8, 4) is 11.1 Å². The standard InChI is InChI=1S/C21H21N3O4/c1-13(25)14-6-8-16(9-7-14)17-5-3-2-4-15(17)10-11-22-19(26)12-18-20(27)24-21(28)23-18/h2-9,18H,10-12H2,1H3,(H,22,26)(H2,23,24,27,28). The topological polar surface area (TPSA) is 104 Å². The van der Waals surface area contributed by atoms with Gasteiger partial charge in [-0.1, -0.05) is 48.5 Å². The van der Waals surface area contributed by atoms with Crippen molar-refractivity contribution in [2.24, 2.45) is 0 Å². The van der Waals surface area contributed by atoms with Gasteiger partial charge in [0.1, 0.15) is 6.04 Å². The second-order valence-corrected chi connectivity index (χ2v) is 6.61. The molecule has 3 N–H and O–H groups in total. The van der Waals surface area contributed by atoms with Crippen molar-refractivity contribution in [2.45, 2.75) is 25.8 Å². The highest BCUT2D eigenvalue weighted by molar-refractivity contribution is 6.05. The first-order valence-corrected chi connectivity index (χ1v) is 9.01. The van der Waals surface area contributed by atoms with E-state index < -0.39 is 18.0 Å². The molecule has 0 aromatic heterocycles. The summed E-state index contributed by atoms with van der Waals surface area (Å²) in [5, 5.41) is 7.28. The maximum Gasteiger partial charge on any atom is 0.322 e. The van der Waals surface area contributed by atoms with Gasteiger partial charge in [-0.2, -0.15) is 0 Å². The van der Waals surface area contributed by atoms with Gasteiger partial charge in [0, 0.05) is 12.1 Å². The van der Waals surface area contributed by atoms with Crippen molar-refractivity contribution in [2.75, 3.05) is 6.54 Å². The van der Waals surface area contributed by atoms with Gasteiger partial charge in [-0.3, -0.25) is 19.7 Å². The van der Waals surface area contributed by atoms with Crippen LogP contribution in [0.2, 0.25) is 0 Å². The number of rotatable bonds is 7. The molecule has 0 radical (unpaired) electrons. The summed E-state index contributed by atoms with van der Waals surface area (Å²) in [5.41, 5.74) is 3.76. The van der Waals surface area contributed by atoms with Crippen molar-refractivity contribution < 1.29 is 19.2 Å². The second kappa shape index (κ2) is 8.47. The molecule has 1 saturated heterocycles. The van der Waals surface area contributed by atoms with Crippen LogP contribution >= 0.6 is 0 Å². The summed E-state index contributed by atoms with van der Waals surface area (Å²) in [4.78, 5) is 46.0. The molecular formula is C21H21N3O4. The number of ketones is 1. The van der Waals surface area contributed by atoms with Gasteiger partial charge in [-0.15, -0.1) is 0 Å². The van der Waals surface area contributed by atoms with Crippen molar-refractivity contribution in [3.05, 3.63) is 59.7 Å². The number of carbonyl (C=O) groups excluding carboxylic acids is 4. The Hall–Kier alpha value is -3.48. The van der Waals surface area contributed by atoms with Crippen LogP contribution in [-0.2, 0) is 16.0 Å². The van der Waals surface area contributed by atoms with Crippen LogP contribution in [0.25, 0.3) is 11.1 Å². The lowest BCUT2D eigenvalue weighted by molar-refractivity contribution is -0.126. The first-order chi connectivity index (χ1) is 13.4. The Bertz CT molecular complexity index is 922. The third kappa shape index (κ3) is 4.62. The molecule has 1 aliphatic rings. The third-order valence-electron chi connectivity index (χ3n) is 4.58. The minimum atomic E-state index is -0.820. The zero-order chi connectivity index (χ0) is 20.1. The molecule has 1 aliphatic heterocycles. The predicted octanol–water partition coefficient (Wildman–Crippen LogP) is 1.81. The highest BCUT2D eigenvalue weighted by atomic mass is 16.2. The maximum absolute atomic E-state index is 12.0. The van der Waals surface area contributed by atoms with Gasteiger partial charge in [-0.25, -0.2) is 4.79 Å². The summed E-state index contributed by atoms with van der Waals surface area (Å²) >= 11 is 0. The average molecular weight is 379 g/mol. The fourth-order valence-electron chi connectivity index (χ4n) is 3.10. The average Bonchev–Trinajstić information content (AvgIpc) is 2.99. The van der Waals surface area contributed by atoms with Crippen LogP contribution in [-0.4, -0.2) is 36.2 Å². The molecule has 0 aliphatic carbocycles. The number of urea groups is 1. The Morgan fingerprint density at radius 1 is 1.04 bits per heavy atom. The first-order valence-electron chi connectivity index (χ1n) is 9.01. The van der Waals surface area contributed by atoms with Crippen LogP contribution in [0.4, 0.5) is 4.79 Å². The van der Waals surface area contributed by atoms with Gasteiger partial charge in [0.15, 0.2) is 5.78 Å². The smallest absolute Gasteiger partial charge is 0.322 e. The number of hydrogen-bond acceptors (Lipinski definition) is 4. The number of Topliss-reactive ketones (excluding diaryl/α,β-unsaturated/α-hetero) is 1. The van der Waals surface area contributed by atoms with Crippen LogP contribution in [0.3, 0.4) is 0 Å². The molecule has 144 valence electrons. The minimum absolute atomic E-state index is 0.0229. The zero-order valence-electron chi connectivity index (χ0n) is 15.5. The Labute approximate surface area is 162 Å². The molecule has 2 aromatic rings. The van der Waals surface area contributed by atoms with E-state index in [1.807, 2.05) is 36.4 Å². The molecule has 7 nitrogen and oxygen atoms in total. The quantitative estimate of drug-likeness (QED) is 0.504. The molecule has 0 saturated carbocycles. The van der Waals surface area contributed by atoms with Crippen LogP contribution in [0.5, 0.6) is 0 Å². The van der Waals surface area contributed by atoms with Crippen LogP contribution in [0.1, 0.15) is 29.3 Å². The van der Waals surface area contributed by atoms with E-state index in [4.69, 9.17) is 0 Å². The van der Waals surface area contributed by atoms with E-state index in [-0.39, 0.29) is 18.1 Å². The molecule has 2 aromatic carbocycles. The van der Waals surface area contributed by atoms with Crippen molar-refractivity contribution in [3.63, 3.8) is 0 Å². The summed E-state index contributed by atoms with van der Waals surface area (Å²) in [6.07, 6.45) is 0.519. The molecule has 0 bridgehead atoms. The van der Waals surface area contributed by atoms with E-state index in [0.29, 0.717) is 18.5 Å². The number of nitrogens with one attached hydrogen (secondary N) is 3. The lowest BCUT2D eigenvalue weighted by atomic mass is 9.96. The number of imide groups is 1. The van der Waals surface area contributed by atoms with Crippen molar-refractivity contribution in [1.29, 1.82) is 0 Å². The van der Waals surface area contributed by atoms with E-state index in [2.05, 4.69) is 16.0 Å². The van der Waals surface area contributed by atoms with Gasteiger partial charge < -0.3 is 10.6 Å². The molecule has 4 amide bonds. The third-order valence-corrected chi connectivity index (χ3v) is 4.58. The number of amides is 4. The van der Waals surface area contributed by atoms with E-state index in [1.54, 1.807) is 12.1 Å². The molecule has 1 atom stereocenters. The fraction of sp³-hybridized carbons (Fsp3) is 0.238. The van der Waals surface area contributed by atoms with Crippen LogP contribution < -0.4 is 16.0 Å². The summed E-state index contributed by atoms with van der Waals surface area (Å²) in [6.45, 7) is 1.94. The Morgan fingerprint density at radius 3 is 2.39 bits per heavy atom. The zero-order valence-corrected chi connectivity index (χ0v) is 15.5. The fourth-order valence-corrected chi connectivity index (χ4v) is 3.10. The lowest BCUT2D eigenvalue weighted by Gasteiger charge is -2.12. The maximum atomic E-state index is 12.0. The molecule has 0 spiro atoms. The Morgan fingerprint density at radius 2 is 1.75 bits per heavy atom. The van der Waals surface area contributed by atoms with Gasteiger partial charge in [0.05, 0.1) is 6.42 Å². The normalized spacial score (nSPS) is 15.7. The SMILES string of the molecule is CC(=O)c1ccc(-c2ccccc2CCNC(=O)CC2NC(=O)NC2=O)cc1. The lowest BCUT2D eigenvalue weighted by Crippen LogP contribution is -2.36. The highest BCUT2D eigenvalue weighted by Gasteiger charge is 2.31. The Kier molecular flexibility index (Phi) is 5.84. The molecule has 1 heterocycles. The van der Waals surface area contributed by atoms with Gasteiger partial charge in [-0.05, 0) is 30.0 Å². The van der Waals surface area contributed by atoms with Gasteiger partial charge in [0.2, 0.25) is 5.91 Å². The molecule has 28 heavy (non-hydrogen) atoms. The highest BCUT2D eigenvalue weighted by Crippen LogP contribution is 2.24. The molecule has 7 heteroatoms. The predicted molar refractivity (Wildman–Crippen MR) is 104 cm³/mol. The summed E-state index contributed by atoms with van der Waals surface area (Å²) < 4.78 is 0. The molecule has 1 unspecified atom stereocenters. The number of carbonyl (C=O) groups is 4. The van der Waals surface area contributed by atoms with E-state index in [0.717, 1.165) is 16.7 Å². The summed E-state index contributed by atoms with van der Waals surface area (Å²) in [6, 6.07) is 13.9.